The number of hydrogen-bond acceptors (Lipinski definition) is 3. The van der Waals surface area contributed by atoms with Gasteiger partial charge in [-0.05, 0) is 48.4 Å². The van der Waals surface area contributed by atoms with E-state index in [-0.39, 0.29) is 0 Å². The summed E-state index contributed by atoms with van der Waals surface area (Å²) in [5.41, 5.74) is 1.61. The summed E-state index contributed by atoms with van der Waals surface area (Å²) in [6, 6.07) is 9.32. The Balaban J connectivity index is 1.49. The van der Waals surface area contributed by atoms with Gasteiger partial charge < -0.3 is 10.6 Å². The van der Waals surface area contributed by atoms with Crippen molar-refractivity contribution in [3.05, 3.63) is 48.3 Å². The summed E-state index contributed by atoms with van der Waals surface area (Å²) in [4.78, 5) is 24.2. The van der Waals surface area contributed by atoms with Crippen LogP contribution < -0.4 is 10.6 Å². The van der Waals surface area contributed by atoms with E-state index < -0.39 is 11.8 Å². The van der Waals surface area contributed by atoms with E-state index in [0.717, 1.165) is 18.4 Å². The molecule has 1 aliphatic rings. The van der Waals surface area contributed by atoms with Crippen molar-refractivity contribution >= 4 is 17.5 Å². The Kier molecular flexibility index (Phi) is 6.04. The lowest BCUT2D eigenvalue weighted by Gasteiger charge is -2.26. The van der Waals surface area contributed by atoms with Gasteiger partial charge in [0, 0.05) is 24.6 Å². The van der Waals surface area contributed by atoms with Gasteiger partial charge in [-0.3, -0.25) is 14.3 Å². The molecule has 6 heteroatoms. The van der Waals surface area contributed by atoms with E-state index in [0.29, 0.717) is 30.6 Å². The first-order valence-electron chi connectivity index (χ1n) is 9.25. The maximum atomic E-state index is 12.1. The lowest BCUT2D eigenvalue weighted by atomic mass is 9.82. The molecule has 0 aliphatic heterocycles. The summed E-state index contributed by atoms with van der Waals surface area (Å²) < 4.78 is 1.80. The fourth-order valence-electron chi connectivity index (χ4n) is 3.58. The number of anilines is 1. The van der Waals surface area contributed by atoms with Crippen LogP contribution in [0.4, 0.5) is 5.69 Å². The Morgan fingerprint density at radius 3 is 2.88 bits per heavy atom. The minimum Gasteiger partial charge on any atom is -0.348 e. The lowest BCUT2D eigenvalue weighted by molar-refractivity contribution is -0.136. The minimum absolute atomic E-state index is 0.480. The van der Waals surface area contributed by atoms with E-state index in [4.69, 9.17) is 0 Å². The van der Waals surface area contributed by atoms with Gasteiger partial charge in [-0.15, -0.1) is 0 Å². The highest BCUT2D eigenvalue weighted by molar-refractivity contribution is 6.39. The highest BCUT2D eigenvalue weighted by Gasteiger charge is 2.21. The highest BCUT2D eigenvalue weighted by atomic mass is 16.2. The summed E-state index contributed by atoms with van der Waals surface area (Å²) in [6.07, 6.45) is 8.32. The molecule has 2 N–H and O–H groups in total. The van der Waals surface area contributed by atoms with Crippen LogP contribution in [0.5, 0.6) is 0 Å². The quantitative estimate of drug-likeness (QED) is 0.811. The van der Waals surface area contributed by atoms with Gasteiger partial charge in [-0.1, -0.05) is 31.9 Å². The third kappa shape index (κ3) is 5.18. The van der Waals surface area contributed by atoms with Crippen molar-refractivity contribution in [2.45, 2.75) is 39.2 Å². The van der Waals surface area contributed by atoms with Crippen molar-refractivity contribution in [2.24, 2.45) is 11.8 Å². The summed E-state index contributed by atoms with van der Waals surface area (Å²) in [5, 5.41) is 9.63. The maximum absolute atomic E-state index is 12.1. The first-order valence-corrected chi connectivity index (χ1v) is 9.25. The van der Waals surface area contributed by atoms with Crippen LogP contribution in [0, 0.1) is 11.8 Å². The SMILES string of the molecule is CC1CCCC(CNC(=O)C(=O)Nc2cccc(Cn3cccn3)c2)C1. The van der Waals surface area contributed by atoms with Gasteiger partial charge in [0.05, 0.1) is 6.54 Å². The van der Waals surface area contributed by atoms with Crippen LogP contribution in [-0.2, 0) is 16.1 Å². The average molecular weight is 354 g/mol. The molecule has 3 rings (SSSR count). The smallest absolute Gasteiger partial charge is 0.313 e. The van der Waals surface area contributed by atoms with E-state index in [2.05, 4.69) is 22.7 Å². The first-order chi connectivity index (χ1) is 12.6. The molecule has 1 aliphatic carbocycles. The molecule has 1 aromatic heterocycles. The molecule has 0 radical (unpaired) electrons. The predicted octanol–water partition coefficient (Wildman–Crippen LogP) is 2.81. The molecule has 6 nitrogen and oxygen atoms in total. The molecular weight excluding hydrogens is 328 g/mol. The Morgan fingerprint density at radius 1 is 1.23 bits per heavy atom. The molecule has 1 aromatic carbocycles. The maximum Gasteiger partial charge on any atom is 0.313 e. The Morgan fingerprint density at radius 2 is 2.12 bits per heavy atom. The molecule has 1 heterocycles. The number of rotatable bonds is 5. The number of aromatic nitrogens is 2. The van der Waals surface area contributed by atoms with Gasteiger partial charge in [0.15, 0.2) is 0 Å². The molecule has 0 bridgehead atoms. The Hall–Kier alpha value is -2.63. The van der Waals surface area contributed by atoms with Crippen molar-refractivity contribution in [3.8, 4) is 0 Å². The summed E-state index contributed by atoms with van der Waals surface area (Å²) >= 11 is 0. The minimum atomic E-state index is -0.620. The van der Waals surface area contributed by atoms with Crippen LogP contribution in [0.2, 0.25) is 0 Å². The second kappa shape index (κ2) is 8.65. The third-order valence-electron chi connectivity index (χ3n) is 4.89. The average Bonchev–Trinajstić information content (AvgIpc) is 3.13. The number of benzene rings is 1. The first kappa shape index (κ1) is 18.2. The number of nitrogens with zero attached hydrogens (tertiary/aromatic N) is 2. The largest absolute Gasteiger partial charge is 0.348 e. The van der Waals surface area contributed by atoms with Crippen molar-refractivity contribution in [1.29, 1.82) is 0 Å². The van der Waals surface area contributed by atoms with Crippen LogP contribution in [0.15, 0.2) is 42.7 Å². The van der Waals surface area contributed by atoms with Crippen molar-refractivity contribution in [3.63, 3.8) is 0 Å². The van der Waals surface area contributed by atoms with E-state index in [1.54, 1.807) is 16.9 Å². The standard InChI is InChI=1S/C20H26N4O2/c1-15-5-2-6-16(11-15)13-21-19(25)20(26)23-18-8-3-7-17(12-18)14-24-10-4-9-22-24/h3-4,7-10,12,15-16H,2,5-6,11,13-14H2,1H3,(H,21,25)(H,23,26). The van der Waals surface area contributed by atoms with E-state index >= 15 is 0 Å². The van der Waals surface area contributed by atoms with Crippen molar-refractivity contribution in [1.82, 2.24) is 15.1 Å². The second-order valence-corrected chi connectivity index (χ2v) is 7.21. The van der Waals surface area contributed by atoms with Crippen molar-refractivity contribution in [2.75, 3.05) is 11.9 Å². The van der Waals surface area contributed by atoms with Gasteiger partial charge in [0.2, 0.25) is 0 Å². The Labute approximate surface area is 154 Å². The fraction of sp³-hybridized carbons (Fsp3) is 0.450. The monoisotopic (exact) mass is 354 g/mol. The number of carbonyl (C=O) groups excluding carboxylic acids is 2. The highest BCUT2D eigenvalue weighted by Crippen LogP contribution is 2.27. The molecule has 2 unspecified atom stereocenters. The molecule has 0 saturated heterocycles. The zero-order valence-corrected chi connectivity index (χ0v) is 15.1. The molecule has 1 saturated carbocycles. The third-order valence-corrected chi connectivity index (χ3v) is 4.89. The summed E-state index contributed by atoms with van der Waals surface area (Å²) in [7, 11) is 0. The van der Waals surface area contributed by atoms with Gasteiger partial charge in [-0.2, -0.15) is 5.10 Å². The molecule has 0 spiro atoms. The number of hydrogen-bond donors (Lipinski definition) is 2. The van der Waals surface area contributed by atoms with E-state index in [1.165, 1.54) is 12.8 Å². The fourth-order valence-corrected chi connectivity index (χ4v) is 3.58. The van der Waals surface area contributed by atoms with Gasteiger partial charge in [-0.25, -0.2) is 0 Å². The zero-order valence-electron chi connectivity index (χ0n) is 15.1. The second-order valence-electron chi connectivity index (χ2n) is 7.21. The van der Waals surface area contributed by atoms with E-state index in [1.807, 2.05) is 30.5 Å². The van der Waals surface area contributed by atoms with Gasteiger partial charge in [0.1, 0.15) is 0 Å². The molecule has 2 aromatic rings. The molecule has 138 valence electrons. The normalized spacial score (nSPS) is 19.7. The zero-order chi connectivity index (χ0) is 18.4. The van der Waals surface area contributed by atoms with Gasteiger partial charge in [0.25, 0.3) is 0 Å². The van der Waals surface area contributed by atoms with Crippen LogP contribution in [0.1, 0.15) is 38.2 Å². The molecule has 1 fully saturated rings. The lowest BCUT2D eigenvalue weighted by Crippen LogP contribution is -2.38. The number of amides is 2. The molecule has 2 amide bonds. The topological polar surface area (TPSA) is 76.0 Å². The predicted molar refractivity (Wildman–Crippen MR) is 101 cm³/mol. The Bertz CT molecular complexity index is 742. The molecule has 2 atom stereocenters. The van der Waals surface area contributed by atoms with Crippen molar-refractivity contribution < 1.29 is 9.59 Å². The van der Waals surface area contributed by atoms with Crippen LogP contribution in [-0.4, -0.2) is 28.1 Å². The summed E-state index contributed by atoms with van der Waals surface area (Å²) in [5.74, 6) is -0.00398. The van der Waals surface area contributed by atoms with Gasteiger partial charge >= 0.3 is 11.8 Å². The molecule has 26 heavy (non-hydrogen) atoms. The number of carbonyl (C=O) groups is 2. The van der Waals surface area contributed by atoms with E-state index in [9.17, 15) is 9.59 Å². The van der Waals surface area contributed by atoms with Crippen LogP contribution in [0.3, 0.4) is 0 Å². The number of nitrogens with one attached hydrogen (secondary N) is 2. The summed E-state index contributed by atoms with van der Waals surface area (Å²) in [6.45, 7) is 3.44. The van der Waals surface area contributed by atoms with Crippen LogP contribution >= 0.6 is 0 Å². The van der Waals surface area contributed by atoms with Crippen LogP contribution in [0.25, 0.3) is 0 Å². The molecular formula is C20H26N4O2.